The maximum atomic E-state index is 6.92. The lowest BCUT2D eigenvalue weighted by Crippen LogP contribution is -2.50. The monoisotopic (exact) mass is 802 g/mol. The SMILES string of the molecule is CC1CC2CC(C)CC(c3nc(-c4cccc(-n5c6ccccc6c6c7sc8ccccc8c7c7oc8ccccc8c7c65)c4)nc(C45CC6CC(CC(C6)C4)C5)n3)(C1)C2. The molecule has 4 aromatic heterocycles. The fourth-order valence-corrected chi connectivity index (χ4v) is 16.3. The summed E-state index contributed by atoms with van der Waals surface area (Å²) in [7, 11) is 0. The zero-order chi connectivity index (χ0) is 39.5. The lowest BCUT2D eigenvalue weighted by Gasteiger charge is -2.56. The Morgan fingerprint density at radius 1 is 0.583 bits per heavy atom. The van der Waals surface area contributed by atoms with Crippen molar-refractivity contribution in [3.05, 3.63) is 109 Å². The quantitative estimate of drug-likeness (QED) is 0.178. The number of benzene rings is 5. The first-order valence-electron chi connectivity index (χ1n) is 22.9. The number of thiophene rings is 1. The van der Waals surface area contributed by atoms with Crippen LogP contribution >= 0.6 is 11.3 Å². The van der Waals surface area contributed by atoms with Gasteiger partial charge in [0.05, 0.1) is 16.4 Å². The molecule has 6 saturated carbocycles. The third kappa shape index (κ3) is 4.83. The number of furan rings is 1. The summed E-state index contributed by atoms with van der Waals surface area (Å²) in [5.41, 5.74) is 6.63. The van der Waals surface area contributed by atoms with Crippen LogP contribution in [0, 0.1) is 35.5 Å². The van der Waals surface area contributed by atoms with E-state index in [0.29, 0.717) is 11.8 Å². The Labute approximate surface area is 354 Å². The van der Waals surface area contributed by atoms with Gasteiger partial charge in [-0.1, -0.05) is 80.6 Å². The van der Waals surface area contributed by atoms with Crippen LogP contribution in [0.4, 0.5) is 0 Å². The van der Waals surface area contributed by atoms with Crippen LogP contribution in [0.1, 0.15) is 96.1 Å². The first-order chi connectivity index (χ1) is 29.4. The van der Waals surface area contributed by atoms with Crippen LogP contribution in [0.5, 0.6) is 0 Å². The van der Waals surface area contributed by atoms with Crippen molar-refractivity contribution in [2.75, 3.05) is 0 Å². The number of hydrogen-bond acceptors (Lipinski definition) is 5. The molecule has 6 fully saturated rings. The molecule has 0 aliphatic heterocycles. The van der Waals surface area contributed by atoms with Gasteiger partial charge in [0.1, 0.15) is 22.8 Å². The molecule has 0 amide bonds. The van der Waals surface area contributed by atoms with Crippen molar-refractivity contribution in [2.24, 2.45) is 35.5 Å². The van der Waals surface area contributed by atoms with Crippen LogP contribution < -0.4 is 0 Å². The van der Waals surface area contributed by atoms with Gasteiger partial charge in [-0.3, -0.25) is 0 Å². The summed E-state index contributed by atoms with van der Waals surface area (Å²) in [6, 6.07) is 35.6. The third-order valence-corrected chi connectivity index (χ3v) is 17.6. The molecule has 0 radical (unpaired) electrons. The fourth-order valence-electron chi connectivity index (χ4n) is 15.0. The zero-order valence-electron chi connectivity index (χ0n) is 34.6. The zero-order valence-corrected chi connectivity index (χ0v) is 35.4. The van der Waals surface area contributed by atoms with Gasteiger partial charge in [-0.2, -0.15) is 0 Å². The molecule has 6 aliphatic rings. The predicted octanol–water partition coefficient (Wildman–Crippen LogP) is 14.5. The highest BCUT2D eigenvalue weighted by molar-refractivity contribution is 7.27. The second kappa shape index (κ2) is 12.3. The number of aromatic nitrogens is 4. The maximum Gasteiger partial charge on any atom is 0.163 e. The van der Waals surface area contributed by atoms with E-state index in [1.54, 1.807) is 0 Å². The van der Waals surface area contributed by atoms with Crippen molar-refractivity contribution in [3.63, 3.8) is 0 Å². The van der Waals surface area contributed by atoms with E-state index in [1.165, 1.54) is 118 Å². The molecule has 2 atom stereocenters. The fraction of sp³-hybridized carbons (Fsp3) is 0.389. The molecule has 5 aromatic carbocycles. The van der Waals surface area contributed by atoms with Gasteiger partial charge >= 0.3 is 0 Å². The molecular formula is C54H50N4OS. The van der Waals surface area contributed by atoms with E-state index in [0.717, 1.165) is 68.9 Å². The molecule has 6 bridgehead atoms. The van der Waals surface area contributed by atoms with Crippen molar-refractivity contribution in [2.45, 2.75) is 95.3 Å². The highest BCUT2D eigenvalue weighted by Crippen LogP contribution is 2.61. The number of fused-ring (bicyclic) bond motifs is 14. The second-order valence-corrected chi connectivity index (χ2v) is 21.7. The van der Waals surface area contributed by atoms with Gasteiger partial charge in [0.15, 0.2) is 5.82 Å². The number of rotatable bonds is 4. The molecule has 298 valence electrons. The Morgan fingerprint density at radius 3 is 1.93 bits per heavy atom. The molecule has 5 nitrogen and oxygen atoms in total. The summed E-state index contributed by atoms with van der Waals surface area (Å²) in [5, 5.41) is 7.36. The van der Waals surface area contributed by atoms with E-state index in [2.05, 4.69) is 115 Å². The minimum atomic E-state index is 0.0305. The van der Waals surface area contributed by atoms with Crippen LogP contribution in [0.2, 0.25) is 0 Å². The maximum absolute atomic E-state index is 6.92. The third-order valence-electron chi connectivity index (χ3n) is 16.4. The minimum Gasteiger partial charge on any atom is -0.455 e. The van der Waals surface area contributed by atoms with Crippen LogP contribution in [0.15, 0.2) is 101 Å². The van der Waals surface area contributed by atoms with E-state index in [9.17, 15) is 0 Å². The molecule has 4 heterocycles. The standard InChI is InChI=1S/C54H50N4OS/c1-30-18-32-19-31(2)25-53(24-30,26-32)51-55-50(56-52(57-51)54-27-33-20-34(28-54)22-35(21-33)29-54)36-10-9-11-37(23-36)58-41-15-6-3-12-38(41)45-47(58)44-39-13-4-7-16-42(39)59-48(44)46-40-14-5-8-17-43(40)60-49(45)46/h3-17,23,30-35H,18-22,24-29H2,1-2H3. The van der Waals surface area contributed by atoms with Gasteiger partial charge < -0.3 is 8.98 Å². The molecular weight excluding hydrogens is 753 g/mol. The molecule has 0 N–H and O–H groups in total. The Balaban J connectivity index is 1.03. The number of nitrogens with zero attached hydrogens (tertiary/aromatic N) is 4. The number of para-hydroxylation sites is 2. The van der Waals surface area contributed by atoms with Crippen LogP contribution in [-0.2, 0) is 10.8 Å². The van der Waals surface area contributed by atoms with Gasteiger partial charge in [-0.05, 0) is 136 Å². The lowest BCUT2D eigenvalue weighted by molar-refractivity contribution is -0.0101. The van der Waals surface area contributed by atoms with E-state index in [4.69, 9.17) is 19.4 Å². The summed E-state index contributed by atoms with van der Waals surface area (Å²) in [6.45, 7) is 4.97. The molecule has 60 heavy (non-hydrogen) atoms. The van der Waals surface area contributed by atoms with Crippen molar-refractivity contribution in [1.82, 2.24) is 19.5 Å². The van der Waals surface area contributed by atoms with E-state index in [-0.39, 0.29) is 10.8 Å². The first kappa shape index (κ1) is 34.6. The van der Waals surface area contributed by atoms with E-state index >= 15 is 0 Å². The van der Waals surface area contributed by atoms with Crippen molar-refractivity contribution >= 4 is 75.3 Å². The molecule has 6 aliphatic carbocycles. The van der Waals surface area contributed by atoms with Gasteiger partial charge in [0, 0.05) is 58.4 Å². The summed E-state index contributed by atoms with van der Waals surface area (Å²) in [5.74, 6) is 7.76. The molecule has 2 unspecified atom stereocenters. The normalized spacial score (nSPS) is 29.9. The predicted molar refractivity (Wildman–Crippen MR) is 246 cm³/mol. The average molecular weight is 803 g/mol. The highest BCUT2D eigenvalue weighted by Gasteiger charge is 2.54. The van der Waals surface area contributed by atoms with Gasteiger partial charge in [-0.25, -0.2) is 15.0 Å². The Hall–Kier alpha value is -5.07. The van der Waals surface area contributed by atoms with Gasteiger partial charge in [0.2, 0.25) is 0 Å². The molecule has 6 heteroatoms. The summed E-state index contributed by atoms with van der Waals surface area (Å²) < 4.78 is 12.0. The highest BCUT2D eigenvalue weighted by atomic mass is 32.1. The summed E-state index contributed by atoms with van der Waals surface area (Å²) in [4.78, 5) is 17.1. The van der Waals surface area contributed by atoms with Crippen LogP contribution in [0.25, 0.3) is 81.0 Å². The van der Waals surface area contributed by atoms with Gasteiger partial charge in [-0.15, -0.1) is 11.3 Å². The Morgan fingerprint density at radius 2 is 1.20 bits per heavy atom. The minimum absolute atomic E-state index is 0.0305. The smallest absolute Gasteiger partial charge is 0.163 e. The largest absolute Gasteiger partial charge is 0.455 e. The molecule has 15 rings (SSSR count). The Kier molecular flexibility index (Phi) is 7.08. The first-order valence-corrected chi connectivity index (χ1v) is 23.8. The van der Waals surface area contributed by atoms with E-state index < -0.39 is 0 Å². The molecule has 9 aromatic rings. The van der Waals surface area contributed by atoms with Crippen LogP contribution in [-0.4, -0.2) is 19.5 Å². The number of hydrogen-bond donors (Lipinski definition) is 0. The summed E-state index contributed by atoms with van der Waals surface area (Å²) >= 11 is 1.89. The Bertz CT molecular complexity index is 3170. The van der Waals surface area contributed by atoms with Crippen LogP contribution in [0.3, 0.4) is 0 Å². The average Bonchev–Trinajstić information content (AvgIpc) is 3.92. The molecule has 0 saturated heterocycles. The molecule has 0 spiro atoms. The lowest BCUT2D eigenvalue weighted by atomic mass is 9.49. The van der Waals surface area contributed by atoms with E-state index in [1.807, 2.05) is 11.3 Å². The summed E-state index contributed by atoms with van der Waals surface area (Å²) in [6.07, 6.45) is 14.3. The van der Waals surface area contributed by atoms with Crippen molar-refractivity contribution in [1.29, 1.82) is 0 Å². The van der Waals surface area contributed by atoms with Crippen molar-refractivity contribution < 1.29 is 4.42 Å². The second-order valence-electron chi connectivity index (χ2n) is 20.7. The van der Waals surface area contributed by atoms with Crippen molar-refractivity contribution in [3.8, 4) is 17.1 Å². The topological polar surface area (TPSA) is 56.7 Å². The van der Waals surface area contributed by atoms with Gasteiger partial charge in [0.25, 0.3) is 0 Å².